The van der Waals surface area contributed by atoms with E-state index >= 15 is 0 Å². The van der Waals surface area contributed by atoms with Gasteiger partial charge in [-0.3, -0.25) is 4.79 Å². The van der Waals surface area contributed by atoms with Gasteiger partial charge in [0.1, 0.15) is 0 Å². The molecule has 2 rings (SSSR count). The van der Waals surface area contributed by atoms with Crippen molar-refractivity contribution in [3.05, 3.63) is 53.6 Å². The van der Waals surface area contributed by atoms with Crippen LogP contribution in [-0.4, -0.2) is 44.2 Å². The Balaban J connectivity index is 2.34. The van der Waals surface area contributed by atoms with Crippen molar-refractivity contribution in [2.24, 2.45) is 0 Å². The predicted octanol–water partition coefficient (Wildman–Crippen LogP) is 2.62. The number of ether oxygens (including phenoxy) is 1. The number of para-hydroxylation sites is 1. The number of nitrogens with one attached hydrogen (secondary N) is 2. The van der Waals surface area contributed by atoms with E-state index in [4.69, 9.17) is 8.92 Å². The topological polar surface area (TPSA) is 131 Å². The quantitative estimate of drug-likeness (QED) is 0.278. The number of hydrogen-bond acceptors (Lipinski definition) is 8. The van der Waals surface area contributed by atoms with Gasteiger partial charge >= 0.3 is 16.1 Å². The number of aliphatic hydroxyl groups is 1. The smallest absolute Gasteiger partial charge is 0.345 e. The Morgan fingerprint density at radius 1 is 1.09 bits per heavy atom. The van der Waals surface area contributed by atoms with Crippen molar-refractivity contribution in [3.8, 4) is 11.5 Å². The maximum absolute atomic E-state index is 12.8. The lowest BCUT2D eigenvalue weighted by atomic mass is 10.1. The summed E-state index contributed by atoms with van der Waals surface area (Å²) in [7, 11) is -3.94. The summed E-state index contributed by atoms with van der Waals surface area (Å²) in [5, 5.41) is 16.1. The lowest BCUT2D eigenvalue weighted by Gasteiger charge is -2.17. The molecule has 32 heavy (non-hydrogen) atoms. The lowest BCUT2D eigenvalue weighted by molar-refractivity contribution is -0.115. The Bertz CT molecular complexity index is 1070. The molecular weight excluding hydrogens is 436 g/mol. The summed E-state index contributed by atoms with van der Waals surface area (Å²) in [5.74, 6) is -1.48. The van der Waals surface area contributed by atoms with Crippen molar-refractivity contribution in [3.63, 3.8) is 0 Å². The van der Waals surface area contributed by atoms with Crippen LogP contribution in [0, 0.1) is 0 Å². The minimum Gasteiger partial charge on any atom is -0.419 e. The van der Waals surface area contributed by atoms with Gasteiger partial charge in [0.15, 0.2) is 11.5 Å². The molecular formula is C22H28N2O7S. The third-order valence-corrected chi connectivity index (χ3v) is 4.74. The number of carbonyl (C=O) groups excluding carboxylic acids is 2. The largest absolute Gasteiger partial charge is 0.419 e. The maximum atomic E-state index is 12.8. The summed E-state index contributed by atoms with van der Waals surface area (Å²) < 4.78 is 33.8. The molecule has 0 radical (unpaired) electrons. The number of benzene rings is 2. The van der Waals surface area contributed by atoms with Crippen LogP contribution in [0.15, 0.2) is 42.5 Å². The van der Waals surface area contributed by atoms with Gasteiger partial charge in [0.2, 0.25) is 5.91 Å². The summed E-state index contributed by atoms with van der Waals surface area (Å²) in [6, 6.07) is 10.6. The Morgan fingerprint density at radius 3 is 2.41 bits per heavy atom. The van der Waals surface area contributed by atoms with E-state index < -0.39 is 22.2 Å². The average Bonchev–Trinajstić information content (AvgIpc) is 2.72. The number of anilines is 1. The van der Waals surface area contributed by atoms with Gasteiger partial charge in [-0.15, -0.1) is 0 Å². The summed E-state index contributed by atoms with van der Waals surface area (Å²) in [5.41, 5.74) is 0.735. The molecule has 1 atom stereocenters. The Hall–Kier alpha value is -2.95. The van der Waals surface area contributed by atoms with Crippen LogP contribution in [0.4, 0.5) is 5.69 Å². The number of esters is 1. The molecule has 0 aliphatic rings. The summed E-state index contributed by atoms with van der Waals surface area (Å²) in [4.78, 5) is 24.5. The van der Waals surface area contributed by atoms with Crippen molar-refractivity contribution < 1.29 is 32.0 Å². The lowest BCUT2D eigenvalue weighted by Crippen LogP contribution is -2.27. The molecule has 9 nitrogen and oxygen atoms in total. The van der Waals surface area contributed by atoms with Gasteiger partial charge in [-0.05, 0) is 29.8 Å². The summed E-state index contributed by atoms with van der Waals surface area (Å²) in [6.45, 7) is 5.76. The van der Waals surface area contributed by atoms with E-state index in [9.17, 15) is 23.1 Å². The van der Waals surface area contributed by atoms with E-state index in [-0.39, 0.29) is 47.7 Å². The molecule has 3 N–H and O–H groups in total. The van der Waals surface area contributed by atoms with E-state index in [1.807, 2.05) is 13.8 Å². The number of aliphatic hydroxyl groups excluding tert-OH is 1. The monoisotopic (exact) mass is 464 g/mol. The van der Waals surface area contributed by atoms with Crippen LogP contribution in [0.1, 0.15) is 49.2 Å². The molecule has 10 heteroatoms. The number of rotatable bonds is 10. The molecule has 2 aromatic rings. The fourth-order valence-electron chi connectivity index (χ4n) is 2.67. The van der Waals surface area contributed by atoms with Crippen molar-refractivity contribution in [1.82, 2.24) is 5.32 Å². The van der Waals surface area contributed by atoms with Crippen LogP contribution in [0.2, 0.25) is 0 Å². The number of carbonyl (C=O) groups is 2. The first kappa shape index (κ1) is 25.3. The fourth-order valence-corrected chi connectivity index (χ4v) is 3.13. The molecule has 1 amide bonds. The summed E-state index contributed by atoms with van der Waals surface area (Å²) in [6.07, 6.45) is 0.150. The van der Waals surface area contributed by atoms with Crippen LogP contribution in [-0.2, 0) is 14.9 Å². The van der Waals surface area contributed by atoms with Gasteiger partial charge < -0.3 is 24.7 Å². The van der Waals surface area contributed by atoms with Crippen molar-refractivity contribution in [1.29, 1.82) is 0 Å². The Kier molecular flexibility index (Phi) is 8.76. The highest BCUT2D eigenvalue weighted by molar-refractivity contribution is 7.86. The van der Waals surface area contributed by atoms with E-state index in [1.54, 1.807) is 25.1 Å². The average molecular weight is 465 g/mol. The summed E-state index contributed by atoms with van der Waals surface area (Å²) >= 11 is 0. The second kappa shape index (κ2) is 11.1. The highest BCUT2D eigenvalue weighted by Gasteiger charge is 2.20. The van der Waals surface area contributed by atoms with E-state index in [1.165, 1.54) is 24.3 Å². The van der Waals surface area contributed by atoms with Gasteiger partial charge in [-0.1, -0.05) is 39.0 Å². The molecule has 0 spiro atoms. The molecule has 2 aromatic carbocycles. The first-order valence-corrected chi connectivity index (χ1v) is 11.9. The molecule has 0 aliphatic heterocycles. The van der Waals surface area contributed by atoms with Crippen molar-refractivity contribution >= 4 is 27.7 Å². The fraction of sp³-hybridized carbons (Fsp3) is 0.364. The van der Waals surface area contributed by atoms with Crippen LogP contribution in [0.5, 0.6) is 11.5 Å². The third kappa shape index (κ3) is 7.63. The normalized spacial score (nSPS) is 12.3. The van der Waals surface area contributed by atoms with Crippen molar-refractivity contribution in [2.45, 2.75) is 39.3 Å². The van der Waals surface area contributed by atoms with Crippen LogP contribution in [0.25, 0.3) is 0 Å². The van der Waals surface area contributed by atoms with Crippen LogP contribution < -0.4 is 19.6 Å². The molecule has 0 aromatic heterocycles. The minimum absolute atomic E-state index is 0.0878. The molecule has 0 saturated carbocycles. The molecule has 0 bridgehead atoms. The second-order valence-corrected chi connectivity index (χ2v) is 8.98. The predicted molar refractivity (Wildman–Crippen MR) is 120 cm³/mol. The van der Waals surface area contributed by atoms with Crippen LogP contribution in [0.3, 0.4) is 0 Å². The van der Waals surface area contributed by atoms with E-state index in [2.05, 4.69) is 10.6 Å². The molecule has 0 aliphatic carbocycles. The third-order valence-electron chi connectivity index (χ3n) is 4.26. The maximum Gasteiger partial charge on any atom is 0.345 e. The van der Waals surface area contributed by atoms with Gasteiger partial charge in [0.05, 0.1) is 23.6 Å². The van der Waals surface area contributed by atoms with E-state index in [0.29, 0.717) is 5.56 Å². The standard InChI is InChI=1S/C22H28N2O7S/c1-5-21(26)24-17-9-7-6-8-16(17)22(27)30-19-11-10-15(18(25)13-23-14(2)3)12-20(19)31-32(4,28)29/h6-12,14,18,23,25H,5,13H2,1-4H3,(H,24,26). The zero-order chi connectivity index (χ0) is 23.9. The highest BCUT2D eigenvalue weighted by Crippen LogP contribution is 2.33. The molecule has 0 saturated heterocycles. The zero-order valence-electron chi connectivity index (χ0n) is 18.4. The van der Waals surface area contributed by atoms with Gasteiger partial charge in [0, 0.05) is 19.0 Å². The zero-order valence-corrected chi connectivity index (χ0v) is 19.2. The minimum atomic E-state index is -3.94. The first-order valence-electron chi connectivity index (χ1n) is 10.1. The Morgan fingerprint density at radius 2 is 1.78 bits per heavy atom. The van der Waals surface area contributed by atoms with Gasteiger partial charge in [-0.2, -0.15) is 8.42 Å². The van der Waals surface area contributed by atoms with Crippen molar-refractivity contribution in [2.75, 3.05) is 18.1 Å². The van der Waals surface area contributed by atoms with Crippen LogP contribution >= 0.6 is 0 Å². The number of amides is 1. The molecule has 0 heterocycles. The first-order chi connectivity index (χ1) is 15.0. The highest BCUT2D eigenvalue weighted by atomic mass is 32.2. The van der Waals surface area contributed by atoms with E-state index in [0.717, 1.165) is 6.26 Å². The van der Waals surface area contributed by atoms with Gasteiger partial charge in [-0.25, -0.2) is 4.79 Å². The molecule has 174 valence electrons. The molecule has 1 unspecified atom stereocenters. The SMILES string of the molecule is CCC(=O)Nc1ccccc1C(=O)Oc1ccc(C(O)CNC(C)C)cc1OS(C)(=O)=O. The van der Waals surface area contributed by atoms with Gasteiger partial charge in [0.25, 0.3) is 0 Å². The number of hydrogen-bond donors (Lipinski definition) is 3. The molecule has 0 fully saturated rings. The second-order valence-electron chi connectivity index (χ2n) is 7.41. The Labute approximate surface area is 187 Å².